The quantitative estimate of drug-likeness (QED) is 0.855. The third kappa shape index (κ3) is 4.09. The molecule has 1 aromatic rings. The molecule has 2 heterocycles. The van der Waals surface area contributed by atoms with E-state index in [1.807, 2.05) is 29.8 Å². The summed E-state index contributed by atoms with van der Waals surface area (Å²) in [7, 11) is 3.45. The zero-order chi connectivity index (χ0) is 17.6. The normalized spacial score (nSPS) is 25.5. The van der Waals surface area contributed by atoms with Crippen molar-refractivity contribution >= 4 is 11.5 Å². The number of hydrogen-bond donors (Lipinski definition) is 1. The number of aryl methyl sites for hydroxylation is 1. The molecule has 1 aliphatic heterocycles. The van der Waals surface area contributed by atoms with E-state index in [0.29, 0.717) is 6.61 Å². The highest BCUT2D eigenvalue weighted by Crippen LogP contribution is 2.22. The number of methoxy groups -OCH3 is 1. The maximum absolute atomic E-state index is 5.76. The Morgan fingerprint density at radius 1 is 1.36 bits per heavy atom. The molecule has 1 aliphatic carbocycles. The lowest BCUT2D eigenvalue weighted by molar-refractivity contribution is 0.113. The summed E-state index contributed by atoms with van der Waals surface area (Å²) >= 11 is 0. The van der Waals surface area contributed by atoms with E-state index < -0.39 is 0 Å². The second-order valence-electron chi connectivity index (χ2n) is 5.88. The van der Waals surface area contributed by atoms with Gasteiger partial charge >= 0.3 is 0 Å². The molecule has 132 valence electrons. The summed E-state index contributed by atoms with van der Waals surface area (Å²) in [5.74, 6) is 1.82. The fourth-order valence-electron chi connectivity index (χ4n) is 2.83. The summed E-state index contributed by atoms with van der Waals surface area (Å²) in [6.45, 7) is 3.45. The smallest absolute Gasteiger partial charge is 0.142 e. The summed E-state index contributed by atoms with van der Waals surface area (Å²) in [6, 6.07) is 0. The minimum atomic E-state index is -0.116. The number of amidine groups is 1. The van der Waals surface area contributed by atoms with Gasteiger partial charge in [-0.2, -0.15) is 0 Å². The molecule has 0 spiro atoms. The number of rotatable bonds is 4. The van der Waals surface area contributed by atoms with Crippen LogP contribution in [0.4, 0.5) is 0 Å². The Balaban J connectivity index is 1.77. The average Bonchev–Trinajstić information content (AvgIpc) is 2.96. The number of morpholine rings is 1. The fraction of sp³-hybridized carbons (Fsp3) is 0.368. The highest BCUT2D eigenvalue weighted by Gasteiger charge is 2.17. The monoisotopic (exact) mass is 340 g/mol. The van der Waals surface area contributed by atoms with Crippen LogP contribution >= 0.6 is 0 Å². The highest BCUT2D eigenvalue weighted by molar-refractivity contribution is 5.88. The lowest BCUT2D eigenvalue weighted by atomic mass is 10.1. The number of allylic oxidation sites excluding steroid dienone is 6. The predicted octanol–water partition coefficient (Wildman–Crippen LogP) is 2.32. The van der Waals surface area contributed by atoms with Crippen LogP contribution < -0.4 is 5.32 Å². The van der Waals surface area contributed by atoms with Gasteiger partial charge in [0.1, 0.15) is 17.7 Å². The molecule has 2 atom stereocenters. The van der Waals surface area contributed by atoms with Crippen LogP contribution in [0, 0.1) is 12.8 Å². The van der Waals surface area contributed by atoms with Crippen molar-refractivity contribution < 1.29 is 9.47 Å². The first-order valence-corrected chi connectivity index (χ1v) is 8.37. The number of aliphatic imine (C=N–C) groups is 1. The van der Waals surface area contributed by atoms with E-state index in [2.05, 4.69) is 39.6 Å². The first-order chi connectivity index (χ1) is 12.2. The van der Waals surface area contributed by atoms with Gasteiger partial charge in [-0.3, -0.25) is 4.99 Å². The molecule has 25 heavy (non-hydrogen) atoms. The number of hydrogen-bond acceptors (Lipinski definition) is 4. The molecular formula is C19H24N4O2. The minimum absolute atomic E-state index is 0.116. The fourth-order valence-corrected chi connectivity index (χ4v) is 2.83. The third-order valence-electron chi connectivity index (χ3n) is 4.13. The maximum Gasteiger partial charge on any atom is 0.142 e. The van der Waals surface area contributed by atoms with E-state index in [-0.39, 0.29) is 12.0 Å². The molecule has 2 aliphatic rings. The van der Waals surface area contributed by atoms with E-state index in [9.17, 15) is 0 Å². The molecule has 1 aromatic heterocycles. The van der Waals surface area contributed by atoms with Gasteiger partial charge in [-0.1, -0.05) is 24.3 Å². The number of nitrogens with one attached hydrogen (secondary N) is 1. The van der Waals surface area contributed by atoms with E-state index >= 15 is 0 Å². The standard InChI is InChI=1S/C19H24N4O2/c1-14-12-23(13-22-14)16-7-4-15(5-8-17(16)24-3)6-9-18-19(20-2)21-10-11-25-18/h4-9,12-13,15,18H,10-11H2,1-3H3,(H,20,21). The Bertz CT molecular complexity index is 755. The van der Waals surface area contributed by atoms with Crippen molar-refractivity contribution in [1.29, 1.82) is 0 Å². The maximum atomic E-state index is 5.76. The summed E-state index contributed by atoms with van der Waals surface area (Å²) in [5.41, 5.74) is 1.93. The third-order valence-corrected chi connectivity index (χ3v) is 4.13. The molecule has 1 fully saturated rings. The SMILES string of the molecule is CN=C1NCCOC1C=CC1C=CC(OC)=C(n2cnc(C)c2)C=C1. The van der Waals surface area contributed by atoms with Crippen LogP contribution in [0.2, 0.25) is 0 Å². The minimum Gasteiger partial charge on any atom is -0.495 e. The Morgan fingerprint density at radius 2 is 2.20 bits per heavy atom. The Morgan fingerprint density at radius 3 is 2.92 bits per heavy atom. The largest absolute Gasteiger partial charge is 0.495 e. The number of aromatic nitrogens is 2. The van der Waals surface area contributed by atoms with Gasteiger partial charge < -0.3 is 19.4 Å². The highest BCUT2D eigenvalue weighted by atomic mass is 16.5. The molecule has 3 rings (SSSR count). The molecule has 0 bridgehead atoms. The molecule has 0 saturated carbocycles. The zero-order valence-electron chi connectivity index (χ0n) is 14.8. The number of ether oxygens (including phenoxy) is 2. The molecule has 0 amide bonds. The van der Waals surface area contributed by atoms with Gasteiger partial charge in [0, 0.05) is 25.7 Å². The van der Waals surface area contributed by atoms with Crippen molar-refractivity contribution in [3.63, 3.8) is 0 Å². The van der Waals surface area contributed by atoms with Gasteiger partial charge in [0.15, 0.2) is 0 Å². The number of nitrogens with zero attached hydrogens (tertiary/aromatic N) is 3. The van der Waals surface area contributed by atoms with Crippen molar-refractivity contribution in [2.45, 2.75) is 13.0 Å². The van der Waals surface area contributed by atoms with Crippen LogP contribution in [0.15, 0.2) is 59.7 Å². The Kier molecular flexibility index (Phi) is 5.50. The molecule has 6 nitrogen and oxygen atoms in total. The van der Waals surface area contributed by atoms with Crippen LogP contribution in [0.25, 0.3) is 5.70 Å². The van der Waals surface area contributed by atoms with Crippen molar-refractivity contribution in [2.24, 2.45) is 10.9 Å². The van der Waals surface area contributed by atoms with Crippen LogP contribution in [0.5, 0.6) is 0 Å². The van der Waals surface area contributed by atoms with E-state index in [4.69, 9.17) is 9.47 Å². The summed E-state index contributed by atoms with van der Waals surface area (Å²) in [4.78, 5) is 8.54. The second-order valence-corrected chi connectivity index (χ2v) is 5.88. The summed E-state index contributed by atoms with van der Waals surface area (Å²) in [6.07, 6.45) is 16.1. The average molecular weight is 340 g/mol. The van der Waals surface area contributed by atoms with Crippen LogP contribution in [-0.2, 0) is 9.47 Å². The van der Waals surface area contributed by atoms with Crippen LogP contribution in [0.3, 0.4) is 0 Å². The van der Waals surface area contributed by atoms with E-state index in [1.54, 1.807) is 20.5 Å². The first-order valence-electron chi connectivity index (χ1n) is 8.37. The Labute approximate surface area is 148 Å². The van der Waals surface area contributed by atoms with E-state index in [0.717, 1.165) is 29.5 Å². The van der Waals surface area contributed by atoms with Gasteiger partial charge in [0.2, 0.25) is 0 Å². The van der Waals surface area contributed by atoms with Gasteiger partial charge in [0.05, 0.1) is 31.4 Å². The van der Waals surface area contributed by atoms with Crippen molar-refractivity contribution in [3.8, 4) is 0 Å². The van der Waals surface area contributed by atoms with Crippen LogP contribution in [-0.4, -0.2) is 48.8 Å². The molecule has 0 aromatic carbocycles. The van der Waals surface area contributed by atoms with Crippen LogP contribution in [0.1, 0.15) is 5.69 Å². The number of imidazole rings is 1. The zero-order valence-corrected chi connectivity index (χ0v) is 14.8. The first kappa shape index (κ1) is 17.2. The molecule has 0 radical (unpaired) electrons. The van der Waals surface area contributed by atoms with Gasteiger partial charge in [-0.25, -0.2) is 4.98 Å². The molecule has 2 unspecified atom stereocenters. The lowest BCUT2D eigenvalue weighted by Gasteiger charge is -2.23. The predicted molar refractivity (Wildman–Crippen MR) is 99.2 cm³/mol. The van der Waals surface area contributed by atoms with Crippen molar-refractivity contribution in [3.05, 3.63) is 60.4 Å². The molecule has 1 N–H and O–H groups in total. The summed E-state index contributed by atoms with van der Waals surface area (Å²) in [5, 5.41) is 3.27. The van der Waals surface area contributed by atoms with Gasteiger partial charge in [-0.15, -0.1) is 0 Å². The second kappa shape index (κ2) is 7.98. The topological polar surface area (TPSA) is 60.7 Å². The van der Waals surface area contributed by atoms with Gasteiger partial charge in [-0.05, 0) is 19.1 Å². The van der Waals surface area contributed by atoms with E-state index in [1.165, 1.54) is 0 Å². The van der Waals surface area contributed by atoms with Crippen molar-refractivity contribution in [2.75, 3.05) is 27.3 Å². The summed E-state index contributed by atoms with van der Waals surface area (Å²) < 4.78 is 13.3. The van der Waals surface area contributed by atoms with Crippen molar-refractivity contribution in [1.82, 2.24) is 14.9 Å². The molecular weight excluding hydrogens is 316 g/mol. The Hall–Kier alpha value is -2.60. The van der Waals surface area contributed by atoms with Gasteiger partial charge in [0.25, 0.3) is 0 Å². The molecule has 1 saturated heterocycles. The lowest BCUT2D eigenvalue weighted by Crippen LogP contribution is -2.43. The molecule has 6 heteroatoms.